The predicted octanol–water partition coefficient (Wildman–Crippen LogP) is 1.24. The molecular formula is C16H12ClN7O3. The number of esters is 1. The summed E-state index contributed by atoms with van der Waals surface area (Å²) in [4.78, 5) is 28.6. The Morgan fingerprint density at radius 1 is 1.30 bits per heavy atom. The molecule has 11 heteroatoms. The van der Waals surface area contributed by atoms with Gasteiger partial charge in [-0.05, 0) is 25.1 Å². The van der Waals surface area contributed by atoms with Gasteiger partial charge < -0.3 is 10.5 Å². The molecule has 0 fully saturated rings. The average Bonchev–Trinajstić information content (AvgIpc) is 3.06. The van der Waals surface area contributed by atoms with E-state index in [1.807, 2.05) is 0 Å². The molecule has 0 saturated carbocycles. The fourth-order valence-electron chi connectivity index (χ4n) is 2.67. The number of rotatable bonds is 3. The highest BCUT2D eigenvalue weighted by atomic mass is 35.5. The first-order valence-corrected chi connectivity index (χ1v) is 8.24. The van der Waals surface area contributed by atoms with Crippen molar-refractivity contribution in [1.29, 1.82) is 0 Å². The number of aromatic nitrogens is 6. The quantitative estimate of drug-likeness (QED) is 0.521. The van der Waals surface area contributed by atoms with Gasteiger partial charge in [-0.15, -0.1) is 10.2 Å². The Bertz CT molecular complexity index is 1260. The van der Waals surface area contributed by atoms with Crippen molar-refractivity contribution >= 4 is 40.2 Å². The molecule has 0 spiro atoms. The van der Waals surface area contributed by atoms with Crippen LogP contribution in [0.15, 0.2) is 35.3 Å². The number of halogens is 1. The average molecular weight is 386 g/mol. The Morgan fingerprint density at radius 2 is 2.11 bits per heavy atom. The molecule has 0 aliphatic rings. The minimum atomic E-state index is -0.648. The Hall–Kier alpha value is -3.53. The number of hydrogen-bond donors (Lipinski definition) is 1. The number of carbonyl (C=O) groups excluding carboxylic acids is 1. The van der Waals surface area contributed by atoms with Crippen LogP contribution in [-0.2, 0) is 4.74 Å². The van der Waals surface area contributed by atoms with Gasteiger partial charge in [-0.25, -0.2) is 14.2 Å². The molecule has 0 aliphatic heterocycles. The summed E-state index contributed by atoms with van der Waals surface area (Å²) in [5.41, 5.74) is 6.41. The highest BCUT2D eigenvalue weighted by Crippen LogP contribution is 2.21. The normalized spacial score (nSPS) is 11.2. The maximum atomic E-state index is 12.6. The summed E-state index contributed by atoms with van der Waals surface area (Å²) in [6.45, 7) is 1.89. The molecule has 1 aromatic carbocycles. The fraction of sp³-hybridized carbons (Fsp3) is 0.125. The second kappa shape index (κ2) is 6.32. The van der Waals surface area contributed by atoms with Crippen molar-refractivity contribution < 1.29 is 9.53 Å². The molecule has 0 radical (unpaired) electrons. The van der Waals surface area contributed by atoms with Crippen LogP contribution in [0.1, 0.15) is 17.3 Å². The highest BCUT2D eigenvalue weighted by Gasteiger charge is 2.20. The molecule has 0 saturated heterocycles. The van der Waals surface area contributed by atoms with Crippen molar-refractivity contribution in [2.45, 2.75) is 6.92 Å². The third-order valence-electron chi connectivity index (χ3n) is 3.84. The van der Waals surface area contributed by atoms with Crippen LogP contribution >= 0.6 is 11.6 Å². The number of fused-ring (bicyclic) bond motifs is 3. The van der Waals surface area contributed by atoms with E-state index in [2.05, 4.69) is 20.3 Å². The van der Waals surface area contributed by atoms with Crippen molar-refractivity contribution in [3.05, 3.63) is 51.5 Å². The SMILES string of the molecule is CCOC(=O)c1cnn2c1nnc1c(N)n(-c3cccc(Cl)c3)c(=O)nc12. The molecule has 0 bridgehead atoms. The zero-order valence-electron chi connectivity index (χ0n) is 14.0. The molecule has 0 unspecified atom stereocenters. The van der Waals surface area contributed by atoms with Crippen LogP contribution in [0.25, 0.3) is 22.5 Å². The molecule has 3 aromatic heterocycles. The number of anilines is 1. The smallest absolute Gasteiger partial charge is 0.355 e. The second-order valence-electron chi connectivity index (χ2n) is 5.48. The Labute approximate surface area is 156 Å². The molecule has 27 heavy (non-hydrogen) atoms. The molecule has 3 heterocycles. The molecule has 2 N–H and O–H groups in total. The maximum Gasteiger partial charge on any atom is 0.355 e. The zero-order valence-corrected chi connectivity index (χ0v) is 14.7. The van der Waals surface area contributed by atoms with E-state index >= 15 is 0 Å². The zero-order chi connectivity index (χ0) is 19.1. The summed E-state index contributed by atoms with van der Waals surface area (Å²) < 4.78 is 7.36. The van der Waals surface area contributed by atoms with Crippen LogP contribution in [0.2, 0.25) is 5.02 Å². The van der Waals surface area contributed by atoms with Gasteiger partial charge in [0, 0.05) is 5.02 Å². The number of benzene rings is 1. The Kier molecular flexibility index (Phi) is 3.96. The number of nitrogen functional groups attached to an aromatic ring is 1. The molecule has 10 nitrogen and oxygen atoms in total. The highest BCUT2D eigenvalue weighted by molar-refractivity contribution is 6.30. The third kappa shape index (κ3) is 2.66. The Morgan fingerprint density at radius 3 is 2.85 bits per heavy atom. The first kappa shape index (κ1) is 16.9. The molecule has 0 atom stereocenters. The Balaban J connectivity index is 1.99. The van der Waals surface area contributed by atoms with Gasteiger partial charge in [0.2, 0.25) is 0 Å². The van der Waals surface area contributed by atoms with Gasteiger partial charge in [-0.3, -0.25) is 0 Å². The summed E-state index contributed by atoms with van der Waals surface area (Å²) in [7, 11) is 0. The topological polar surface area (TPSA) is 130 Å². The van der Waals surface area contributed by atoms with Gasteiger partial charge >= 0.3 is 11.7 Å². The molecule has 4 aromatic rings. The van der Waals surface area contributed by atoms with Gasteiger partial charge in [0.1, 0.15) is 11.4 Å². The number of carbonyl (C=O) groups is 1. The number of hydrogen-bond acceptors (Lipinski definition) is 8. The van der Waals surface area contributed by atoms with E-state index in [9.17, 15) is 9.59 Å². The summed E-state index contributed by atoms with van der Waals surface area (Å²) >= 11 is 5.99. The van der Waals surface area contributed by atoms with Gasteiger partial charge in [0.25, 0.3) is 0 Å². The van der Waals surface area contributed by atoms with Crippen LogP contribution in [0.4, 0.5) is 5.82 Å². The van der Waals surface area contributed by atoms with Crippen molar-refractivity contribution in [3.63, 3.8) is 0 Å². The molecule has 0 aliphatic carbocycles. The minimum Gasteiger partial charge on any atom is -0.462 e. The number of nitrogens with zero attached hydrogens (tertiary/aromatic N) is 6. The van der Waals surface area contributed by atoms with Crippen molar-refractivity contribution in [2.24, 2.45) is 0 Å². The summed E-state index contributed by atoms with van der Waals surface area (Å²) in [6.07, 6.45) is 1.28. The number of ether oxygens (including phenoxy) is 1. The van der Waals surface area contributed by atoms with E-state index in [0.29, 0.717) is 10.7 Å². The molecule has 4 rings (SSSR count). The van der Waals surface area contributed by atoms with Gasteiger partial charge in [0.15, 0.2) is 16.8 Å². The van der Waals surface area contributed by atoms with E-state index in [4.69, 9.17) is 22.1 Å². The summed E-state index contributed by atoms with van der Waals surface area (Å²) in [6, 6.07) is 6.59. The lowest BCUT2D eigenvalue weighted by Crippen LogP contribution is -2.25. The second-order valence-corrected chi connectivity index (χ2v) is 5.92. The van der Waals surface area contributed by atoms with Gasteiger partial charge in [0.05, 0.1) is 18.5 Å². The maximum absolute atomic E-state index is 12.6. The molecular weight excluding hydrogens is 374 g/mol. The minimum absolute atomic E-state index is 0.0230. The molecule has 136 valence electrons. The van der Waals surface area contributed by atoms with Crippen LogP contribution in [0, 0.1) is 0 Å². The first-order valence-electron chi connectivity index (χ1n) is 7.87. The van der Waals surface area contributed by atoms with E-state index < -0.39 is 11.7 Å². The standard InChI is InChI=1S/C16H12ClN7O3/c1-2-27-15(25)10-7-19-24-13(10)22-21-11-12(18)23(16(26)20-14(11)24)9-5-3-4-8(17)6-9/h3-7H,2,18H2,1H3. The molecule has 0 amide bonds. The monoisotopic (exact) mass is 385 g/mol. The van der Waals surface area contributed by atoms with E-state index in [0.717, 1.165) is 0 Å². The van der Waals surface area contributed by atoms with E-state index in [1.54, 1.807) is 31.2 Å². The van der Waals surface area contributed by atoms with Crippen LogP contribution in [0.3, 0.4) is 0 Å². The van der Waals surface area contributed by atoms with Crippen LogP contribution in [0.5, 0.6) is 0 Å². The summed E-state index contributed by atoms with van der Waals surface area (Å²) in [5.74, 6) is -0.573. The number of nitrogens with two attached hydrogens (primary N) is 1. The van der Waals surface area contributed by atoms with Crippen molar-refractivity contribution in [3.8, 4) is 5.69 Å². The lowest BCUT2D eigenvalue weighted by molar-refractivity contribution is 0.0528. The van der Waals surface area contributed by atoms with E-state index in [1.165, 1.54) is 15.3 Å². The predicted molar refractivity (Wildman–Crippen MR) is 97.1 cm³/mol. The lowest BCUT2D eigenvalue weighted by atomic mass is 10.3. The van der Waals surface area contributed by atoms with Crippen molar-refractivity contribution in [1.82, 2.24) is 29.4 Å². The van der Waals surface area contributed by atoms with E-state index in [-0.39, 0.29) is 34.8 Å². The van der Waals surface area contributed by atoms with Gasteiger partial charge in [-0.2, -0.15) is 14.6 Å². The third-order valence-corrected chi connectivity index (χ3v) is 4.07. The largest absolute Gasteiger partial charge is 0.462 e. The van der Waals surface area contributed by atoms with Gasteiger partial charge in [-0.1, -0.05) is 17.7 Å². The lowest BCUT2D eigenvalue weighted by Gasteiger charge is -2.11. The van der Waals surface area contributed by atoms with Crippen LogP contribution in [-0.4, -0.2) is 41.9 Å². The van der Waals surface area contributed by atoms with Crippen molar-refractivity contribution in [2.75, 3.05) is 12.3 Å². The first-order chi connectivity index (χ1) is 13.0. The van der Waals surface area contributed by atoms with Crippen LogP contribution < -0.4 is 11.4 Å². The fourth-order valence-corrected chi connectivity index (χ4v) is 2.85. The summed E-state index contributed by atoms with van der Waals surface area (Å²) in [5, 5.41) is 12.6.